The van der Waals surface area contributed by atoms with Crippen molar-refractivity contribution in [1.29, 1.82) is 0 Å². The zero-order chi connectivity index (χ0) is 19.1. The van der Waals surface area contributed by atoms with Crippen LogP contribution in [0.3, 0.4) is 0 Å². The van der Waals surface area contributed by atoms with E-state index in [2.05, 4.69) is 22.0 Å². The Morgan fingerprint density at radius 1 is 1.11 bits per heavy atom. The second kappa shape index (κ2) is 10.3. The third-order valence-corrected chi connectivity index (χ3v) is 6.03. The number of amides is 1. The largest absolute Gasteiger partial charge is 0.491 e. The molecule has 1 heterocycles. The Kier molecular flexibility index (Phi) is 7.80. The summed E-state index contributed by atoms with van der Waals surface area (Å²) in [7, 11) is 0. The normalized spacial score (nSPS) is 24.5. The van der Waals surface area contributed by atoms with E-state index < -0.39 is 0 Å². The molecule has 6 heteroatoms. The van der Waals surface area contributed by atoms with E-state index in [0.717, 1.165) is 57.2 Å². The van der Waals surface area contributed by atoms with Gasteiger partial charge in [-0.3, -0.25) is 14.6 Å². The standard InChI is InChI=1S/C21H32ClN3O2/c1-17-6-8-18(9-7-17)23-21(26)16-25-12-10-24(11-13-25)14-15-27-20-5-3-2-4-19(20)22/h2-5,17-18H,6-16H2,1H3,(H,23,26). The lowest BCUT2D eigenvalue weighted by atomic mass is 9.87. The number of hydrogen-bond donors (Lipinski definition) is 1. The predicted molar refractivity (Wildman–Crippen MR) is 109 cm³/mol. The number of benzene rings is 1. The van der Waals surface area contributed by atoms with Crippen LogP contribution in [0.5, 0.6) is 5.75 Å². The van der Waals surface area contributed by atoms with Gasteiger partial charge in [0, 0.05) is 38.8 Å². The highest BCUT2D eigenvalue weighted by molar-refractivity contribution is 6.32. The number of piperazine rings is 1. The van der Waals surface area contributed by atoms with Crippen molar-refractivity contribution in [3.05, 3.63) is 29.3 Å². The number of halogens is 1. The van der Waals surface area contributed by atoms with Gasteiger partial charge in [0.1, 0.15) is 12.4 Å². The van der Waals surface area contributed by atoms with Crippen LogP contribution in [0.2, 0.25) is 5.02 Å². The van der Waals surface area contributed by atoms with Gasteiger partial charge in [-0.25, -0.2) is 0 Å². The zero-order valence-corrected chi connectivity index (χ0v) is 17.1. The molecule has 0 bridgehead atoms. The fourth-order valence-corrected chi connectivity index (χ4v) is 4.09. The number of rotatable bonds is 7. The molecule has 0 spiro atoms. The molecule has 1 aliphatic heterocycles. The SMILES string of the molecule is CC1CCC(NC(=O)CN2CCN(CCOc3ccccc3Cl)CC2)CC1. The molecule has 1 saturated carbocycles. The molecule has 3 rings (SSSR count). The van der Waals surface area contributed by atoms with Crippen molar-refractivity contribution in [2.24, 2.45) is 5.92 Å². The van der Waals surface area contributed by atoms with Crippen LogP contribution in [0, 0.1) is 5.92 Å². The van der Waals surface area contributed by atoms with Gasteiger partial charge in [0.05, 0.1) is 11.6 Å². The average Bonchev–Trinajstić information content (AvgIpc) is 2.66. The lowest BCUT2D eigenvalue weighted by Gasteiger charge is -2.34. The highest BCUT2D eigenvalue weighted by Gasteiger charge is 2.22. The predicted octanol–water partition coefficient (Wildman–Crippen LogP) is 3.03. The zero-order valence-electron chi connectivity index (χ0n) is 16.3. The van der Waals surface area contributed by atoms with E-state index in [0.29, 0.717) is 24.2 Å². The highest BCUT2D eigenvalue weighted by atomic mass is 35.5. The minimum atomic E-state index is 0.185. The van der Waals surface area contributed by atoms with Crippen LogP contribution in [-0.2, 0) is 4.79 Å². The molecule has 0 atom stereocenters. The Morgan fingerprint density at radius 2 is 1.78 bits per heavy atom. The van der Waals surface area contributed by atoms with Gasteiger partial charge in [0.15, 0.2) is 0 Å². The second-order valence-corrected chi connectivity index (χ2v) is 8.33. The topological polar surface area (TPSA) is 44.8 Å². The van der Waals surface area contributed by atoms with Crippen molar-refractivity contribution in [2.45, 2.75) is 38.6 Å². The summed E-state index contributed by atoms with van der Waals surface area (Å²) in [5.41, 5.74) is 0. The third kappa shape index (κ3) is 6.66. The van der Waals surface area contributed by atoms with Gasteiger partial charge in [-0.2, -0.15) is 0 Å². The Morgan fingerprint density at radius 3 is 2.48 bits per heavy atom. The maximum Gasteiger partial charge on any atom is 0.234 e. The number of carbonyl (C=O) groups excluding carboxylic acids is 1. The summed E-state index contributed by atoms with van der Waals surface area (Å²) >= 11 is 6.11. The van der Waals surface area contributed by atoms with E-state index in [1.165, 1.54) is 12.8 Å². The lowest BCUT2D eigenvalue weighted by molar-refractivity contribution is -0.123. The molecule has 1 amide bonds. The Hall–Kier alpha value is -1.30. The smallest absolute Gasteiger partial charge is 0.234 e. The fraction of sp³-hybridized carbons (Fsp3) is 0.667. The number of carbonyl (C=O) groups is 1. The Labute approximate surface area is 168 Å². The summed E-state index contributed by atoms with van der Waals surface area (Å²) in [6.07, 6.45) is 4.73. The molecule has 0 radical (unpaired) electrons. The van der Waals surface area contributed by atoms with Crippen molar-refractivity contribution in [1.82, 2.24) is 15.1 Å². The molecule has 150 valence electrons. The molecule has 5 nitrogen and oxygen atoms in total. The van der Waals surface area contributed by atoms with E-state index in [-0.39, 0.29) is 5.91 Å². The maximum atomic E-state index is 12.3. The van der Waals surface area contributed by atoms with Crippen molar-refractivity contribution < 1.29 is 9.53 Å². The number of nitrogens with zero attached hydrogens (tertiary/aromatic N) is 2. The quantitative estimate of drug-likeness (QED) is 0.773. The first-order chi connectivity index (χ1) is 13.1. The second-order valence-electron chi connectivity index (χ2n) is 7.92. The third-order valence-electron chi connectivity index (χ3n) is 5.71. The van der Waals surface area contributed by atoms with Crippen LogP contribution >= 0.6 is 11.6 Å². The van der Waals surface area contributed by atoms with E-state index >= 15 is 0 Å². The first-order valence-electron chi connectivity index (χ1n) is 10.2. The summed E-state index contributed by atoms with van der Waals surface area (Å²) in [4.78, 5) is 16.9. The van der Waals surface area contributed by atoms with Gasteiger partial charge < -0.3 is 10.1 Å². The summed E-state index contributed by atoms with van der Waals surface area (Å²) in [6, 6.07) is 7.95. The van der Waals surface area contributed by atoms with Gasteiger partial charge in [-0.1, -0.05) is 30.7 Å². The molecule has 2 fully saturated rings. The first kappa shape index (κ1) is 20.4. The molecule has 1 aromatic rings. The van der Waals surface area contributed by atoms with Crippen molar-refractivity contribution in [3.8, 4) is 5.75 Å². The van der Waals surface area contributed by atoms with Crippen molar-refractivity contribution in [2.75, 3.05) is 45.9 Å². The van der Waals surface area contributed by atoms with Crippen LogP contribution < -0.4 is 10.1 Å². The van der Waals surface area contributed by atoms with E-state index in [1.807, 2.05) is 24.3 Å². The number of ether oxygens (including phenoxy) is 1. The van der Waals surface area contributed by atoms with Crippen molar-refractivity contribution in [3.63, 3.8) is 0 Å². The van der Waals surface area contributed by atoms with Gasteiger partial charge in [-0.15, -0.1) is 0 Å². The Balaban J connectivity index is 1.29. The number of para-hydroxylation sites is 1. The van der Waals surface area contributed by atoms with Gasteiger partial charge in [-0.05, 0) is 43.7 Å². The van der Waals surface area contributed by atoms with E-state index in [9.17, 15) is 4.79 Å². The van der Waals surface area contributed by atoms with E-state index in [1.54, 1.807) is 0 Å². The Bertz CT molecular complexity index is 597. The minimum absolute atomic E-state index is 0.185. The number of nitrogens with one attached hydrogen (secondary N) is 1. The molecule has 1 saturated heterocycles. The minimum Gasteiger partial charge on any atom is -0.491 e. The van der Waals surface area contributed by atoms with Gasteiger partial charge in [0.2, 0.25) is 5.91 Å². The number of hydrogen-bond acceptors (Lipinski definition) is 4. The molecule has 0 unspecified atom stereocenters. The first-order valence-corrected chi connectivity index (χ1v) is 10.6. The monoisotopic (exact) mass is 393 g/mol. The van der Waals surface area contributed by atoms with Crippen LogP contribution in [0.15, 0.2) is 24.3 Å². The van der Waals surface area contributed by atoms with Gasteiger partial charge in [0.25, 0.3) is 0 Å². The summed E-state index contributed by atoms with van der Waals surface area (Å²) in [5, 5.41) is 3.88. The van der Waals surface area contributed by atoms with Crippen molar-refractivity contribution >= 4 is 17.5 Å². The molecule has 2 aliphatic rings. The molecule has 1 aromatic carbocycles. The van der Waals surface area contributed by atoms with Crippen LogP contribution in [-0.4, -0.2) is 67.6 Å². The van der Waals surface area contributed by atoms with Gasteiger partial charge >= 0.3 is 0 Å². The molecule has 1 N–H and O–H groups in total. The fourth-order valence-electron chi connectivity index (χ4n) is 3.90. The molecular weight excluding hydrogens is 362 g/mol. The molecule has 1 aliphatic carbocycles. The van der Waals surface area contributed by atoms with Crippen LogP contribution in [0.4, 0.5) is 0 Å². The molecular formula is C21H32ClN3O2. The molecule has 27 heavy (non-hydrogen) atoms. The summed E-state index contributed by atoms with van der Waals surface area (Å²) < 4.78 is 5.77. The lowest BCUT2D eigenvalue weighted by Crippen LogP contribution is -2.51. The summed E-state index contributed by atoms with van der Waals surface area (Å²) in [6.45, 7) is 8.14. The van der Waals surface area contributed by atoms with Crippen LogP contribution in [0.25, 0.3) is 0 Å². The van der Waals surface area contributed by atoms with Crippen LogP contribution in [0.1, 0.15) is 32.6 Å². The van der Waals surface area contributed by atoms with E-state index in [4.69, 9.17) is 16.3 Å². The molecule has 0 aromatic heterocycles. The average molecular weight is 394 g/mol. The summed E-state index contributed by atoms with van der Waals surface area (Å²) in [5.74, 6) is 1.74. The maximum absolute atomic E-state index is 12.3. The highest BCUT2D eigenvalue weighted by Crippen LogP contribution is 2.24.